The van der Waals surface area contributed by atoms with Crippen LogP contribution in [-0.4, -0.2) is 15.8 Å². The van der Waals surface area contributed by atoms with E-state index < -0.39 is 5.92 Å². The molecule has 0 spiro atoms. The van der Waals surface area contributed by atoms with Crippen molar-refractivity contribution in [2.75, 3.05) is 0 Å². The summed E-state index contributed by atoms with van der Waals surface area (Å²) in [6.45, 7) is 2.04. The number of aromatic amines is 1. The molecule has 0 saturated carbocycles. The van der Waals surface area contributed by atoms with Gasteiger partial charge in [0.2, 0.25) is 0 Å². The molecule has 1 aliphatic rings. The number of nitriles is 1. The van der Waals surface area contributed by atoms with Gasteiger partial charge in [-0.3, -0.25) is 9.59 Å². The number of benzene rings is 1. The van der Waals surface area contributed by atoms with Crippen molar-refractivity contribution in [3.63, 3.8) is 0 Å². The van der Waals surface area contributed by atoms with E-state index in [0.717, 1.165) is 43.2 Å². The van der Waals surface area contributed by atoms with Crippen molar-refractivity contribution >= 4 is 27.3 Å². The van der Waals surface area contributed by atoms with E-state index in [4.69, 9.17) is 0 Å². The Morgan fingerprint density at radius 2 is 2.04 bits per heavy atom. The molecule has 5 nitrogen and oxygen atoms in total. The van der Waals surface area contributed by atoms with Crippen LogP contribution in [-0.2, 0) is 19.3 Å². The Kier molecular flexibility index (Phi) is 4.63. The third kappa shape index (κ3) is 3.08. The predicted octanol–water partition coefficient (Wildman–Crippen LogP) is 3.92. The monoisotopic (exact) mass is 377 g/mol. The molecule has 0 fully saturated rings. The van der Waals surface area contributed by atoms with E-state index in [-0.39, 0.29) is 17.2 Å². The highest BCUT2D eigenvalue weighted by atomic mass is 32.1. The number of fused-ring (bicyclic) bond motifs is 3. The van der Waals surface area contributed by atoms with Gasteiger partial charge in [0, 0.05) is 10.4 Å². The van der Waals surface area contributed by atoms with Crippen LogP contribution in [0.4, 0.5) is 0 Å². The van der Waals surface area contributed by atoms with Gasteiger partial charge >= 0.3 is 0 Å². The normalized spacial score (nSPS) is 14.5. The minimum Gasteiger partial charge on any atom is -0.308 e. The summed E-state index contributed by atoms with van der Waals surface area (Å²) in [5.41, 5.74) is 2.42. The number of ketones is 1. The zero-order chi connectivity index (χ0) is 19.0. The summed E-state index contributed by atoms with van der Waals surface area (Å²) in [7, 11) is 0. The number of aromatic nitrogens is 2. The Morgan fingerprint density at radius 1 is 1.30 bits per heavy atom. The summed E-state index contributed by atoms with van der Waals surface area (Å²) in [5.74, 6) is -1.32. The fourth-order valence-electron chi connectivity index (χ4n) is 3.63. The van der Waals surface area contributed by atoms with Crippen LogP contribution >= 0.6 is 11.3 Å². The molecule has 0 amide bonds. The molecule has 6 heteroatoms. The van der Waals surface area contributed by atoms with Gasteiger partial charge in [-0.1, -0.05) is 31.2 Å². The Labute approximate surface area is 160 Å². The van der Waals surface area contributed by atoms with Crippen molar-refractivity contribution in [1.82, 2.24) is 9.97 Å². The van der Waals surface area contributed by atoms with Crippen LogP contribution in [0.2, 0.25) is 0 Å². The lowest BCUT2D eigenvalue weighted by atomic mass is 9.96. The number of nitrogens with zero attached hydrogens (tertiary/aromatic N) is 2. The van der Waals surface area contributed by atoms with Crippen LogP contribution in [0.15, 0.2) is 29.1 Å². The van der Waals surface area contributed by atoms with Gasteiger partial charge in [0.1, 0.15) is 10.7 Å². The third-order valence-corrected chi connectivity index (χ3v) is 6.34. The van der Waals surface area contributed by atoms with Crippen LogP contribution in [0.5, 0.6) is 0 Å². The molecule has 1 atom stereocenters. The van der Waals surface area contributed by atoms with Gasteiger partial charge in [-0.15, -0.1) is 11.3 Å². The van der Waals surface area contributed by atoms with Crippen LogP contribution in [0.3, 0.4) is 0 Å². The number of rotatable bonds is 4. The second kappa shape index (κ2) is 7.09. The smallest absolute Gasteiger partial charge is 0.259 e. The number of hydrogen-bond acceptors (Lipinski definition) is 5. The van der Waals surface area contributed by atoms with Gasteiger partial charge in [0.05, 0.1) is 11.5 Å². The molecule has 0 saturated heterocycles. The summed E-state index contributed by atoms with van der Waals surface area (Å²) >= 11 is 1.52. The van der Waals surface area contributed by atoms with E-state index in [1.54, 1.807) is 12.1 Å². The van der Waals surface area contributed by atoms with Crippen LogP contribution in [0.1, 0.15) is 57.9 Å². The number of carbonyl (C=O) groups is 1. The molecule has 27 heavy (non-hydrogen) atoms. The van der Waals surface area contributed by atoms with E-state index in [2.05, 4.69) is 9.97 Å². The lowest BCUT2D eigenvalue weighted by molar-refractivity contribution is 0.0976. The maximum absolute atomic E-state index is 12.8. The van der Waals surface area contributed by atoms with Crippen molar-refractivity contribution in [1.29, 1.82) is 5.26 Å². The van der Waals surface area contributed by atoms with E-state index in [0.29, 0.717) is 15.8 Å². The summed E-state index contributed by atoms with van der Waals surface area (Å²) in [4.78, 5) is 34.6. The topological polar surface area (TPSA) is 86.6 Å². The maximum Gasteiger partial charge on any atom is 0.259 e. The van der Waals surface area contributed by atoms with Gasteiger partial charge in [0.15, 0.2) is 11.7 Å². The molecular weight excluding hydrogens is 358 g/mol. The van der Waals surface area contributed by atoms with E-state index in [9.17, 15) is 14.9 Å². The highest BCUT2D eigenvalue weighted by molar-refractivity contribution is 7.18. The van der Waals surface area contributed by atoms with Crippen molar-refractivity contribution in [2.24, 2.45) is 0 Å². The number of Topliss-reactive ketones (excluding diaryl/α,β-unsaturated/α-hetero) is 1. The van der Waals surface area contributed by atoms with Crippen molar-refractivity contribution in [3.8, 4) is 6.07 Å². The van der Waals surface area contributed by atoms with Crippen molar-refractivity contribution in [3.05, 3.63) is 62.0 Å². The molecule has 0 radical (unpaired) electrons. The van der Waals surface area contributed by atoms with Crippen molar-refractivity contribution in [2.45, 2.75) is 44.9 Å². The molecule has 0 bridgehead atoms. The number of aryl methyl sites for hydroxylation is 3. The molecule has 1 aliphatic carbocycles. The van der Waals surface area contributed by atoms with Gasteiger partial charge in [-0.2, -0.15) is 5.26 Å². The number of thiophene rings is 1. The summed E-state index contributed by atoms with van der Waals surface area (Å²) < 4.78 is 0. The van der Waals surface area contributed by atoms with Gasteiger partial charge < -0.3 is 4.98 Å². The standard InChI is InChI=1S/C21H19N3O2S/c1-2-12-7-9-13(10-8-12)18(25)15(11-22)19-23-20(26)17-14-5-3-4-6-16(14)27-21(17)24-19/h7-10,15H,2-6H2,1H3,(H,23,24,26). The first kappa shape index (κ1) is 17.6. The largest absolute Gasteiger partial charge is 0.308 e. The minimum atomic E-state index is -1.12. The molecular formula is C21H19N3O2S. The number of nitrogens with one attached hydrogen (secondary N) is 1. The molecule has 136 valence electrons. The second-order valence-electron chi connectivity index (χ2n) is 6.82. The predicted molar refractivity (Wildman–Crippen MR) is 105 cm³/mol. The summed E-state index contributed by atoms with van der Waals surface area (Å²) in [6.07, 6.45) is 4.94. The van der Waals surface area contributed by atoms with Crippen LogP contribution < -0.4 is 5.56 Å². The lowest BCUT2D eigenvalue weighted by Crippen LogP contribution is -2.20. The lowest BCUT2D eigenvalue weighted by Gasteiger charge is -2.10. The quantitative estimate of drug-likeness (QED) is 0.698. The summed E-state index contributed by atoms with van der Waals surface area (Å²) in [5, 5.41) is 10.2. The molecule has 1 aromatic carbocycles. The number of H-pyrrole nitrogens is 1. The van der Waals surface area contributed by atoms with Crippen LogP contribution in [0.25, 0.3) is 10.2 Å². The second-order valence-corrected chi connectivity index (χ2v) is 7.90. The highest BCUT2D eigenvalue weighted by Gasteiger charge is 2.27. The summed E-state index contributed by atoms with van der Waals surface area (Å²) in [6, 6.07) is 9.24. The Balaban J connectivity index is 1.76. The zero-order valence-corrected chi connectivity index (χ0v) is 15.9. The average Bonchev–Trinajstić information content (AvgIpc) is 3.07. The Hall–Kier alpha value is -2.78. The minimum absolute atomic E-state index is 0.137. The fourth-order valence-corrected chi connectivity index (χ4v) is 4.90. The van der Waals surface area contributed by atoms with E-state index >= 15 is 0 Å². The first-order valence-corrected chi connectivity index (χ1v) is 10.0. The molecule has 0 aliphatic heterocycles. The fraction of sp³-hybridized carbons (Fsp3) is 0.333. The number of hydrogen-bond donors (Lipinski definition) is 1. The molecule has 2 heterocycles. The maximum atomic E-state index is 12.8. The molecule has 1 unspecified atom stereocenters. The van der Waals surface area contributed by atoms with Gasteiger partial charge in [-0.05, 0) is 43.2 Å². The van der Waals surface area contributed by atoms with E-state index in [1.807, 2.05) is 25.1 Å². The average molecular weight is 377 g/mol. The first-order valence-electron chi connectivity index (χ1n) is 9.19. The molecule has 3 aromatic rings. The molecule has 4 rings (SSSR count). The van der Waals surface area contributed by atoms with Gasteiger partial charge in [-0.25, -0.2) is 4.98 Å². The zero-order valence-electron chi connectivity index (χ0n) is 15.0. The Morgan fingerprint density at radius 3 is 2.74 bits per heavy atom. The van der Waals surface area contributed by atoms with E-state index in [1.165, 1.54) is 16.2 Å². The SMILES string of the molecule is CCc1ccc(C(=O)C(C#N)c2nc3sc4c(c3c(=O)[nH]2)CCCC4)cc1. The highest BCUT2D eigenvalue weighted by Crippen LogP contribution is 2.34. The number of carbonyl (C=O) groups excluding carboxylic acids is 1. The first-order chi connectivity index (χ1) is 13.1. The van der Waals surface area contributed by atoms with Crippen molar-refractivity contribution < 1.29 is 4.79 Å². The van der Waals surface area contributed by atoms with Crippen LogP contribution in [0, 0.1) is 11.3 Å². The van der Waals surface area contributed by atoms with Gasteiger partial charge in [0.25, 0.3) is 5.56 Å². The molecule has 2 aromatic heterocycles. The molecule has 1 N–H and O–H groups in total. The third-order valence-electron chi connectivity index (χ3n) is 5.15. The Bertz CT molecular complexity index is 1120.